The molecule has 0 fully saturated rings. The fraction of sp³-hybridized carbons (Fsp3) is 0.333. The van der Waals surface area contributed by atoms with Gasteiger partial charge in [-0.05, 0) is 66.2 Å². The van der Waals surface area contributed by atoms with Crippen molar-refractivity contribution in [3.8, 4) is 11.8 Å². The van der Waals surface area contributed by atoms with E-state index in [0.29, 0.717) is 22.4 Å². The van der Waals surface area contributed by atoms with E-state index in [1.54, 1.807) is 18.5 Å². The number of imidazole rings is 1. The highest BCUT2D eigenvalue weighted by Gasteiger charge is 2.21. The molecule has 32 heavy (non-hydrogen) atoms. The highest BCUT2D eigenvalue weighted by Crippen LogP contribution is 2.23. The van der Waals surface area contributed by atoms with Crippen molar-refractivity contribution in [3.05, 3.63) is 72.2 Å². The molecule has 0 N–H and O–H groups in total. The number of halogens is 1. The molecule has 0 radical (unpaired) electrons. The molecule has 0 amide bonds. The average Bonchev–Trinajstić information content (AvgIpc) is 3.12. The Hall–Kier alpha value is -3.18. The van der Waals surface area contributed by atoms with Crippen molar-refractivity contribution in [2.45, 2.75) is 46.7 Å². The third-order valence-corrected chi connectivity index (χ3v) is 6.48. The van der Waals surface area contributed by atoms with Gasteiger partial charge in [0.1, 0.15) is 0 Å². The van der Waals surface area contributed by atoms with Crippen molar-refractivity contribution in [2.75, 3.05) is 0 Å². The molecule has 0 atom stereocenters. The van der Waals surface area contributed by atoms with Crippen molar-refractivity contribution in [2.24, 2.45) is 12.0 Å². The fourth-order valence-electron chi connectivity index (χ4n) is 4.02. The Morgan fingerprint density at radius 3 is 2.62 bits per heavy atom. The van der Waals surface area contributed by atoms with Gasteiger partial charge in [0.15, 0.2) is 15.9 Å². The summed E-state index contributed by atoms with van der Waals surface area (Å²) in [5.41, 5.74) is 4.92. The van der Waals surface area contributed by atoms with E-state index in [1.807, 2.05) is 26.0 Å². The molecule has 7 nitrogen and oxygen atoms in total. The lowest BCUT2D eigenvalue weighted by molar-refractivity contribution is 0.637. The maximum Gasteiger partial charge on any atom is 0.332 e. The maximum atomic E-state index is 13.5. The monoisotopic (exact) mass is 493 g/mol. The molecule has 8 heteroatoms. The van der Waals surface area contributed by atoms with Crippen LogP contribution in [0.2, 0.25) is 0 Å². The Bertz CT molecular complexity index is 1470. The fourth-order valence-corrected chi connectivity index (χ4v) is 4.49. The summed E-state index contributed by atoms with van der Waals surface area (Å²) in [6, 6.07) is 8.23. The second kappa shape index (κ2) is 8.75. The molecule has 2 aromatic heterocycles. The minimum atomic E-state index is -0.420. The van der Waals surface area contributed by atoms with Crippen LogP contribution < -0.4 is 11.2 Å². The lowest BCUT2D eigenvalue weighted by Crippen LogP contribution is -2.40. The quantitative estimate of drug-likeness (QED) is 0.414. The van der Waals surface area contributed by atoms with Gasteiger partial charge in [-0.2, -0.15) is 0 Å². The zero-order valence-corrected chi connectivity index (χ0v) is 20.2. The van der Waals surface area contributed by atoms with Crippen molar-refractivity contribution < 1.29 is 0 Å². The van der Waals surface area contributed by atoms with Gasteiger partial charge in [0.05, 0.1) is 18.8 Å². The molecule has 0 saturated carbocycles. The van der Waals surface area contributed by atoms with Gasteiger partial charge in [0.25, 0.3) is 5.56 Å². The molecule has 0 aliphatic carbocycles. The Morgan fingerprint density at radius 2 is 1.88 bits per heavy atom. The van der Waals surface area contributed by atoms with Crippen molar-refractivity contribution in [1.29, 1.82) is 0 Å². The summed E-state index contributed by atoms with van der Waals surface area (Å²) in [5, 5.41) is 0. The average molecular weight is 494 g/mol. The summed E-state index contributed by atoms with van der Waals surface area (Å²) in [5.74, 6) is 5.79. The number of aromatic nitrogens is 4. The molecule has 3 aromatic rings. The van der Waals surface area contributed by atoms with Gasteiger partial charge in [0.2, 0.25) is 0 Å². The van der Waals surface area contributed by atoms with Gasteiger partial charge in [-0.25, -0.2) is 9.78 Å². The van der Waals surface area contributed by atoms with E-state index < -0.39 is 11.2 Å². The van der Waals surface area contributed by atoms with E-state index in [2.05, 4.69) is 44.9 Å². The van der Waals surface area contributed by atoms with Gasteiger partial charge in [-0.15, -0.1) is 5.92 Å². The standard InChI is InChI=1S/C24H24BrN5O2/c1-5-6-13-29-20-21(27-23(29)25)28(4)24(32)30(22(20)31)14-19-15(2)11-12-17-9-7-8-10-18(17)16(3)26-19/h7-10H,11-14H2,1-4H3. The first-order valence-electron chi connectivity index (χ1n) is 10.4. The van der Waals surface area contributed by atoms with Crippen LogP contribution in [0.4, 0.5) is 0 Å². The van der Waals surface area contributed by atoms with Crippen LogP contribution in [-0.4, -0.2) is 24.4 Å². The van der Waals surface area contributed by atoms with Crippen LogP contribution in [0.5, 0.6) is 0 Å². The molecule has 164 valence electrons. The third kappa shape index (κ3) is 3.78. The first-order valence-corrected chi connectivity index (χ1v) is 11.2. The van der Waals surface area contributed by atoms with Crippen LogP contribution in [0.25, 0.3) is 11.2 Å². The highest BCUT2D eigenvalue weighted by atomic mass is 79.9. The van der Waals surface area contributed by atoms with E-state index in [0.717, 1.165) is 35.4 Å². The molecule has 1 aliphatic heterocycles. The van der Waals surface area contributed by atoms with Crippen LogP contribution in [-0.2, 0) is 26.6 Å². The number of aryl methyl sites for hydroxylation is 2. The number of hydrogen-bond acceptors (Lipinski definition) is 4. The predicted molar refractivity (Wildman–Crippen MR) is 130 cm³/mol. The van der Waals surface area contributed by atoms with Crippen LogP contribution in [0, 0.1) is 11.8 Å². The molecule has 4 rings (SSSR count). The smallest absolute Gasteiger partial charge is 0.301 e. The summed E-state index contributed by atoms with van der Waals surface area (Å²) in [4.78, 5) is 35.8. The molecule has 3 heterocycles. The number of benzene rings is 1. The molecule has 0 bridgehead atoms. The molecule has 1 aromatic carbocycles. The normalized spacial score (nSPS) is 13.8. The first kappa shape index (κ1) is 22.0. The highest BCUT2D eigenvalue weighted by molar-refractivity contribution is 9.10. The Kier molecular flexibility index (Phi) is 6.02. The summed E-state index contributed by atoms with van der Waals surface area (Å²) < 4.78 is 4.80. The minimum Gasteiger partial charge on any atom is -0.301 e. The molecule has 0 saturated heterocycles. The van der Waals surface area contributed by atoms with Gasteiger partial charge < -0.3 is 4.57 Å². The first-order chi connectivity index (χ1) is 15.3. The number of allylic oxidation sites excluding steroid dienone is 2. The van der Waals surface area contributed by atoms with Crippen LogP contribution in [0.15, 0.2) is 54.9 Å². The van der Waals surface area contributed by atoms with Gasteiger partial charge >= 0.3 is 5.69 Å². The van der Waals surface area contributed by atoms with Gasteiger partial charge in [0, 0.05) is 12.8 Å². The molecule has 1 aliphatic rings. The maximum absolute atomic E-state index is 13.5. The van der Waals surface area contributed by atoms with Crippen LogP contribution in [0.3, 0.4) is 0 Å². The van der Waals surface area contributed by atoms with Gasteiger partial charge in [-0.1, -0.05) is 30.2 Å². The van der Waals surface area contributed by atoms with Crippen LogP contribution in [0.1, 0.15) is 38.3 Å². The predicted octanol–water partition coefficient (Wildman–Crippen LogP) is 3.41. The zero-order chi connectivity index (χ0) is 23.0. The zero-order valence-electron chi connectivity index (χ0n) is 18.6. The van der Waals surface area contributed by atoms with Crippen LogP contribution >= 0.6 is 15.9 Å². The molecule has 0 spiro atoms. The van der Waals surface area contributed by atoms with E-state index >= 15 is 0 Å². The molecular formula is C24H24BrN5O2. The summed E-state index contributed by atoms with van der Waals surface area (Å²) in [6.07, 6.45) is 1.70. The third-order valence-electron chi connectivity index (χ3n) is 5.88. The number of hydrogen-bond donors (Lipinski definition) is 0. The number of rotatable bonds is 3. The van der Waals surface area contributed by atoms with Crippen molar-refractivity contribution >= 4 is 32.8 Å². The second-order valence-electron chi connectivity index (χ2n) is 7.88. The number of nitrogens with zero attached hydrogens (tertiary/aromatic N) is 5. The summed E-state index contributed by atoms with van der Waals surface area (Å²) in [7, 11) is 1.63. The van der Waals surface area contributed by atoms with Gasteiger partial charge in [-0.3, -0.25) is 18.9 Å². The van der Waals surface area contributed by atoms with E-state index in [9.17, 15) is 9.59 Å². The van der Waals surface area contributed by atoms with Crippen molar-refractivity contribution in [1.82, 2.24) is 18.7 Å². The lowest BCUT2D eigenvalue weighted by Gasteiger charge is -2.17. The molecular weight excluding hydrogens is 470 g/mol. The lowest BCUT2D eigenvalue weighted by atomic mass is 9.95. The minimum absolute atomic E-state index is 0.106. The number of fused-ring (bicyclic) bond motifs is 2. The Morgan fingerprint density at radius 1 is 1.12 bits per heavy atom. The molecule has 0 unspecified atom stereocenters. The Balaban J connectivity index is 1.88. The van der Waals surface area contributed by atoms with E-state index in [-0.39, 0.29) is 6.54 Å². The van der Waals surface area contributed by atoms with E-state index in [1.165, 1.54) is 14.7 Å². The largest absolute Gasteiger partial charge is 0.332 e. The van der Waals surface area contributed by atoms with Crippen molar-refractivity contribution in [3.63, 3.8) is 0 Å². The van der Waals surface area contributed by atoms with E-state index in [4.69, 9.17) is 4.99 Å². The SMILES string of the molecule is CC#CCn1c(Br)nc2c1c(=O)n(CC1=C(C)CCc3ccccc3C(C)=N1)c(=O)n2C. The Labute approximate surface area is 194 Å². The summed E-state index contributed by atoms with van der Waals surface area (Å²) in [6.45, 7) is 6.14. The summed E-state index contributed by atoms with van der Waals surface area (Å²) >= 11 is 3.40. The topological polar surface area (TPSA) is 74.2 Å². The number of aliphatic imine (C=N–C) groups is 1. The second-order valence-corrected chi connectivity index (χ2v) is 8.59.